The Labute approximate surface area is 260 Å². The van der Waals surface area contributed by atoms with Gasteiger partial charge < -0.3 is 25.0 Å². The molecule has 16 heteroatoms. The number of hydrogen-bond donors (Lipinski definition) is 3. The van der Waals surface area contributed by atoms with Crippen LogP contribution < -0.4 is 15.5 Å². The Hall–Kier alpha value is -5.15. The minimum Gasteiger partial charge on any atom is -0.337 e. The van der Waals surface area contributed by atoms with Gasteiger partial charge in [-0.2, -0.15) is 9.78 Å². The van der Waals surface area contributed by atoms with Crippen LogP contribution in [0.1, 0.15) is 24.2 Å². The molecule has 5 aromatic rings. The van der Waals surface area contributed by atoms with Crippen LogP contribution in [0.3, 0.4) is 0 Å². The van der Waals surface area contributed by atoms with Crippen molar-refractivity contribution in [2.45, 2.75) is 25.6 Å². The number of halogens is 2. The number of H-pyrrole nitrogens is 1. The zero-order valence-corrected chi connectivity index (χ0v) is 24.8. The van der Waals surface area contributed by atoms with Gasteiger partial charge in [-0.1, -0.05) is 11.6 Å². The standard InChI is InChI=1S/C29H28ClFN12O2/c1-17-13-32-8-9-40(17)29-33-15-24-27(28(45)36-19-3-2-18-14-34-37-22(18)12-19)42(11-10-41(24)29)25(44)7-4-20-23(43-16-35-38-39-43)6-5-21(30)26(20)31/h2-7,12,14-17,27,32H,8-11,13H2,1H3,(H,34,37)(H,36,45)/b7-4+. The van der Waals surface area contributed by atoms with Gasteiger partial charge in [0, 0.05) is 61.5 Å². The number of anilines is 2. The van der Waals surface area contributed by atoms with Crippen LogP contribution in [0.2, 0.25) is 5.02 Å². The van der Waals surface area contributed by atoms with E-state index in [9.17, 15) is 9.59 Å². The summed E-state index contributed by atoms with van der Waals surface area (Å²) in [6, 6.07) is 7.52. The lowest BCUT2D eigenvalue weighted by molar-refractivity contribution is -0.136. The lowest BCUT2D eigenvalue weighted by atomic mass is 10.1. The number of piperazine rings is 1. The number of rotatable bonds is 6. The monoisotopic (exact) mass is 630 g/mol. The molecule has 1 saturated heterocycles. The number of carbonyl (C=O) groups is 2. The van der Waals surface area contributed by atoms with Crippen molar-refractivity contribution in [2.24, 2.45) is 0 Å². The Balaban J connectivity index is 1.23. The minimum atomic E-state index is -1.02. The maximum atomic E-state index is 15.2. The molecule has 2 aromatic carbocycles. The summed E-state index contributed by atoms with van der Waals surface area (Å²) in [5.41, 5.74) is 2.19. The van der Waals surface area contributed by atoms with Gasteiger partial charge in [0.2, 0.25) is 11.9 Å². The summed E-state index contributed by atoms with van der Waals surface area (Å²) >= 11 is 6.07. The van der Waals surface area contributed by atoms with E-state index in [2.05, 4.69) is 48.2 Å². The average molecular weight is 631 g/mol. The van der Waals surface area contributed by atoms with Crippen molar-refractivity contribution in [1.82, 2.24) is 50.2 Å². The number of aromatic nitrogens is 8. The first-order chi connectivity index (χ1) is 21.9. The van der Waals surface area contributed by atoms with Crippen LogP contribution >= 0.6 is 11.6 Å². The van der Waals surface area contributed by atoms with Crippen molar-refractivity contribution in [1.29, 1.82) is 0 Å². The normalized spacial score (nSPS) is 18.5. The summed E-state index contributed by atoms with van der Waals surface area (Å²) in [6.07, 6.45) is 7.21. The Morgan fingerprint density at radius 1 is 1.16 bits per heavy atom. The molecule has 2 aliphatic heterocycles. The van der Waals surface area contributed by atoms with Gasteiger partial charge >= 0.3 is 0 Å². The second-order valence-electron chi connectivity index (χ2n) is 10.9. The van der Waals surface area contributed by atoms with Crippen LogP contribution in [0.25, 0.3) is 22.7 Å². The number of hydrogen-bond acceptors (Lipinski definition) is 9. The first-order valence-corrected chi connectivity index (χ1v) is 14.7. The molecule has 230 valence electrons. The summed E-state index contributed by atoms with van der Waals surface area (Å²) in [6.45, 7) is 5.14. The lowest BCUT2D eigenvalue weighted by Crippen LogP contribution is -2.52. The molecule has 45 heavy (non-hydrogen) atoms. The number of nitrogens with zero attached hydrogens (tertiary/aromatic N) is 9. The maximum Gasteiger partial charge on any atom is 0.253 e. The Morgan fingerprint density at radius 3 is 2.87 bits per heavy atom. The second kappa shape index (κ2) is 11.7. The van der Waals surface area contributed by atoms with Gasteiger partial charge in [0.25, 0.3) is 5.91 Å². The van der Waals surface area contributed by atoms with E-state index in [0.29, 0.717) is 23.6 Å². The number of imidazole rings is 1. The summed E-state index contributed by atoms with van der Waals surface area (Å²) < 4.78 is 18.5. The lowest BCUT2D eigenvalue weighted by Gasteiger charge is -2.39. The number of aromatic amines is 1. The van der Waals surface area contributed by atoms with E-state index in [-0.39, 0.29) is 23.2 Å². The minimum absolute atomic E-state index is 0.0223. The number of tetrazole rings is 1. The van der Waals surface area contributed by atoms with E-state index >= 15 is 4.39 Å². The van der Waals surface area contributed by atoms with Crippen LogP contribution in [0.15, 0.2) is 55.1 Å². The topological polar surface area (TPSA) is 155 Å². The molecule has 0 aliphatic carbocycles. The molecule has 3 N–H and O–H groups in total. The zero-order chi connectivity index (χ0) is 31.1. The molecule has 0 bridgehead atoms. The van der Waals surface area contributed by atoms with Crippen molar-refractivity contribution in [3.63, 3.8) is 0 Å². The van der Waals surface area contributed by atoms with Crippen LogP contribution in [0.4, 0.5) is 16.0 Å². The summed E-state index contributed by atoms with van der Waals surface area (Å²) in [5, 5.41) is 25.1. The predicted octanol–water partition coefficient (Wildman–Crippen LogP) is 2.56. The van der Waals surface area contributed by atoms with E-state index < -0.39 is 23.7 Å². The Morgan fingerprint density at radius 2 is 2.04 bits per heavy atom. The van der Waals surface area contributed by atoms with Crippen LogP contribution in [0, 0.1) is 5.82 Å². The Bertz CT molecular complexity index is 1920. The molecular weight excluding hydrogens is 603 g/mol. The molecule has 2 atom stereocenters. The largest absolute Gasteiger partial charge is 0.337 e. The van der Waals surface area contributed by atoms with Gasteiger partial charge in [-0.3, -0.25) is 14.7 Å². The summed E-state index contributed by atoms with van der Waals surface area (Å²) in [4.78, 5) is 36.3. The zero-order valence-electron chi connectivity index (χ0n) is 24.1. The molecule has 2 unspecified atom stereocenters. The Kier molecular flexibility index (Phi) is 7.47. The van der Waals surface area contributed by atoms with Crippen molar-refractivity contribution in [2.75, 3.05) is 36.4 Å². The third-order valence-electron chi connectivity index (χ3n) is 8.12. The molecule has 0 saturated carbocycles. The fraction of sp³-hybridized carbons (Fsp3) is 0.276. The van der Waals surface area contributed by atoms with Crippen LogP contribution in [0.5, 0.6) is 0 Å². The summed E-state index contributed by atoms with van der Waals surface area (Å²) in [7, 11) is 0. The molecule has 0 radical (unpaired) electrons. The smallest absolute Gasteiger partial charge is 0.253 e. The first kappa shape index (κ1) is 28.6. The van der Waals surface area contributed by atoms with Gasteiger partial charge in [0.15, 0.2) is 11.9 Å². The molecule has 2 aliphatic rings. The number of carbonyl (C=O) groups excluding carboxylic acids is 2. The molecular formula is C29H28ClFN12O2. The van der Waals surface area contributed by atoms with Gasteiger partial charge in [-0.25, -0.2) is 9.37 Å². The highest BCUT2D eigenvalue weighted by atomic mass is 35.5. The van der Waals surface area contributed by atoms with Gasteiger partial charge in [0.05, 0.1) is 34.3 Å². The third-order valence-corrected chi connectivity index (χ3v) is 8.41. The van der Waals surface area contributed by atoms with E-state index in [1.54, 1.807) is 30.6 Å². The molecule has 2 amide bonds. The fourth-order valence-electron chi connectivity index (χ4n) is 5.87. The van der Waals surface area contributed by atoms with E-state index in [1.165, 1.54) is 34.1 Å². The second-order valence-corrected chi connectivity index (χ2v) is 11.3. The third kappa shape index (κ3) is 5.29. The number of amides is 2. The quantitative estimate of drug-likeness (QED) is 0.240. The number of nitrogens with one attached hydrogen (secondary N) is 3. The predicted molar refractivity (Wildman–Crippen MR) is 164 cm³/mol. The van der Waals surface area contributed by atoms with Gasteiger partial charge in [-0.05, 0) is 53.8 Å². The van der Waals surface area contributed by atoms with Gasteiger partial charge in [0.1, 0.15) is 6.33 Å². The molecule has 1 fully saturated rings. The van der Waals surface area contributed by atoms with Crippen molar-refractivity contribution in [3.8, 4) is 5.69 Å². The van der Waals surface area contributed by atoms with Crippen molar-refractivity contribution < 1.29 is 14.0 Å². The SMILES string of the molecule is CC1CNCCN1c1ncc2n1CCN(C(=O)/C=C/c1c(-n3cnnn3)ccc(Cl)c1F)C2C(=O)Nc1ccc2cn[nH]c2c1. The number of benzene rings is 2. The molecule has 7 rings (SSSR count). The van der Waals surface area contributed by atoms with Gasteiger partial charge in [-0.15, -0.1) is 5.10 Å². The van der Waals surface area contributed by atoms with E-state index in [1.807, 2.05) is 10.6 Å². The highest BCUT2D eigenvalue weighted by Crippen LogP contribution is 2.33. The molecule has 14 nitrogen and oxygen atoms in total. The first-order valence-electron chi connectivity index (χ1n) is 14.4. The number of fused-ring (bicyclic) bond motifs is 2. The molecule has 3 aromatic heterocycles. The molecule has 0 spiro atoms. The van der Waals surface area contributed by atoms with Crippen molar-refractivity contribution in [3.05, 3.63) is 77.2 Å². The highest BCUT2D eigenvalue weighted by Gasteiger charge is 2.38. The van der Waals surface area contributed by atoms with Crippen LogP contribution in [-0.2, 0) is 16.1 Å². The average Bonchev–Trinajstić information content (AvgIpc) is 3.82. The summed E-state index contributed by atoms with van der Waals surface area (Å²) in [5.74, 6) is -0.889. The fourth-order valence-corrected chi connectivity index (χ4v) is 6.03. The molecule has 5 heterocycles. The van der Waals surface area contributed by atoms with Crippen molar-refractivity contribution >= 4 is 52.0 Å². The van der Waals surface area contributed by atoms with E-state index in [4.69, 9.17) is 16.6 Å². The van der Waals surface area contributed by atoms with E-state index in [0.717, 1.165) is 36.5 Å². The highest BCUT2D eigenvalue weighted by molar-refractivity contribution is 6.31. The maximum absolute atomic E-state index is 15.2. The van der Waals surface area contributed by atoms with Crippen LogP contribution in [-0.4, -0.2) is 88.9 Å².